The van der Waals surface area contributed by atoms with E-state index >= 15 is 0 Å². The van der Waals surface area contributed by atoms with Crippen molar-refractivity contribution in [2.24, 2.45) is 0 Å². The summed E-state index contributed by atoms with van der Waals surface area (Å²) in [5.74, 6) is 0.392. The van der Waals surface area contributed by atoms with Crippen LogP contribution in [-0.2, 0) is 0 Å². The van der Waals surface area contributed by atoms with E-state index < -0.39 is 0 Å². The molecule has 1 amide bonds. The van der Waals surface area contributed by atoms with Crippen molar-refractivity contribution in [3.63, 3.8) is 0 Å². The molecule has 9 nitrogen and oxygen atoms in total. The molecule has 0 bridgehead atoms. The number of hydrogen-bond donors (Lipinski definition) is 4. The van der Waals surface area contributed by atoms with Crippen LogP contribution in [0, 0.1) is 0 Å². The third-order valence-corrected chi connectivity index (χ3v) is 2.43. The van der Waals surface area contributed by atoms with Gasteiger partial charge in [0.25, 0.3) is 5.91 Å². The van der Waals surface area contributed by atoms with Gasteiger partial charge in [-0.25, -0.2) is 15.0 Å². The third-order valence-electron chi connectivity index (χ3n) is 2.43. The molecule has 2 rings (SSSR count). The fourth-order valence-corrected chi connectivity index (χ4v) is 1.48. The molecule has 0 atom stereocenters. The molecule has 0 aliphatic carbocycles. The Kier molecular flexibility index (Phi) is 4.46. The molecule has 0 aliphatic heterocycles. The first-order valence-corrected chi connectivity index (χ1v) is 6.08. The van der Waals surface area contributed by atoms with Crippen molar-refractivity contribution in [1.29, 1.82) is 0 Å². The Labute approximate surface area is 121 Å². The summed E-state index contributed by atoms with van der Waals surface area (Å²) in [4.78, 5) is 23.7. The van der Waals surface area contributed by atoms with Crippen LogP contribution in [0.3, 0.4) is 0 Å². The number of carbonyl (C=O) groups is 1. The SMILES string of the molecule is CN(C)Nc1ncnc(NNC(=O)c2cccnc2)c1N. The average Bonchev–Trinajstić information content (AvgIpc) is 2.48. The number of rotatable bonds is 5. The van der Waals surface area contributed by atoms with Crippen LogP contribution in [0.5, 0.6) is 0 Å². The maximum atomic E-state index is 11.9. The molecule has 2 aromatic rings. The van der Waals surface area contributed by atoms with Crippen LogP contribution in [0.15, 0.2) is 30.9 Å². The van der Waals surface area contributed by atoms with Crippen molar-refractivity contribution in [3.8, 4) is 0 Å². The number of nitrogens with zero attached hydrogens (tertiary/aromatic N) is 4. The molecule has 2 aromatic heterocycles. The van der Waals surface area contributed by atoms with Gasteiger partial charge in [0.15, 0.2) is 11.6 Å². The molecule has 0 aliphatic rings. The minimum Gasteiger partial charge on any atom is -0.393 e. The molecular formula is C12H16N8O. The number of hydrogen-bond acceptors (Lipinski definition) is 8. The summed E-state index contributed by atoms with van der Waals surface area (Å²) in [7, 11) is 3.61. The van der Waals surface area contributed by atoms with E-state index in [-0.39, 0.29) is 11.6 Å². The predicted octanol–water partition coefficient (Wildman–Crippen LogP) is 0.0992. The molecule has 5 N–H and O–H groups in total. The number of carbonyl (C=O) groups excluding carboxylic acids is 1. The van der Waals surface area contributed by atoms with Gasteiger partial charge in [0, 0.05) is 26.5 Å². The number of pyridine rings is 1. The monoisotopic (exact) mass is 288 g/mol. The van der Waals surface area contributed by atoms with Crippen LogP contribution >= 0.6 is 0 Å². The molecule has 0 unspecified atom stereocenters. The Bertz CT molecular complexity index is 616. The van der Waals surface area contributed by atoms with E-state index in [2.05, 4.69) is 31.2 Å². The molecule has 0 fully saturated rings. The van der Waals surface area contributed by atoms with Crippen LogP contribution in [0.1, 0.15) is 10.4 Å². The maximum Gasteiger partial charge on any atom is 0.271 e. The Balaban J connectivity index is 2.05. The van der Waals surface area contributed by atoms with E-state index in [1.54, 1.807) is 37.4 Å². The molecule has 0 radical (unpaired) electrons. The first-order chi connectivity index (χ1) is 10.1. The summed E-state index contributed by atoms with van der Waals surface area (Å²) in [6.45, 7) is 0. The van der Waals surface area contributed by atoms with E-state index in [1.807, 2.05) is 0 Å². The Morgan fingerprint density at radius 2 is 2.05 bits per heavy atom. The van der Waals surface area contributed by atoms with Gasteiger partial charge >= 0.3 is 0 Å². The van der Waals surface area contributed by atoms with Gasteiger partial charge in [0.05, 0.1) is 5.56 Å². The summed E-state index contributed by atoms with van der Waals surface area (Å²) in [5, 5.41) is 1.69. The van der Waals surface area contributed by atoms with Gasteiger partial charge in [-0.2, -0.15) is 0 Å². The summed E-state index contributed by atoms with van der Waals surface area (Å²) in [6, 6.07) is 3.32. The zero-order valence-electron chi connectivity index (χ0n) is 11.7. The maximum absolute atomic E-state index is 11.9. The fraction of sp³-hybridized carbons (Fsp3) is 0.167. The van der Waals surface area contributed by atoms with E-state index in [0.29, 0.717) is 17.2 Å². The highest BCUT2D eigenvalue weighted by molar-refractivity contribution is 5.94. The second-order valence-corrected chi connectivity index (χ2v) is 4.31. The van der Waals surface area contributed by atoms with Gasteiger partial charge in [-0.05, 0) is 12.1 Å². The summed E-state index contributed by atoms with van der Waals surface area (Å²) < 4.78 is 0. The highest BCUT2D eigenvalue weighted by Gasteiger charge is 2.10. The number of amides is 1. The quantitative estimate of drug-likeness (QED) is 0.572. The molecule has 0 saturated carbocycles. The average molecular weight is 288 g/mol. The van der Waals surface area contributed by atoms with Crippen LogP contribution in [0.2, 0.25) is 0 Å². The molecule has 110 valence electrons. The number of anilines is 3. The third kappa shape index (κ3) is 3.76. The van der Waals surface area contributed by atoms with Crippen LogP contribution in [0.25, 0.3) is 0 Å². The second-order valence-electron chi connectivity index (χ2n) is 4.31. The Morgan fingerprint density at radius 1 is 1.29 bits per heavy atom. The van der Waals surface area contributed by atoms with Gasteiger partial charge in [0.2, 0.25) is 0 Å². The van der Waals surface area contributed by atoms with Crippen molar-refractivity contribution in [2.75, 3.05) is 30.7 Å². The fourth-order valence-electron chi connectivity index (χ4n) is 1.48. The zero-order chi connectivity index (χ0) is 15.2. The lowest BCUT2D eigenvalue weighted by Gasteiger charge is -2.16. The van der Waals surface area contributed by atoms with Crippen molar-refractivity contribution in [3.05, 3.63) is 36.4 Å². The molecule has 0 aromatic carbocycles. The molecule has 0 saturated heterocycles. The van der Waals surface area contributed by atoms with Gasteiger partial charge in [-0.15, -0.1) is 0 Å². The van der Waals surface area contributed by atoms with Gasteiger partial charge < -0.3 is 11.2 Å². The van der Waals surface area contributed by atoms with Crippen LogP contribution in [0.4, 0.5) is 17.3 Å². The molecule has 2 heterocycles. The normalized spacial score (nSPS) is 10.2. The minimum absolute atomic E-state index is 0.290. The van der Waals surface area contributed by atoms with Gasteiger partial charge in [-0.1, -0.05) is 0 Å². The molecule has 21 heavy (non-hydrogen) atoms. The number of aromatic nitrogens is 3. The summed E-state index contributed by atoms with van der Waals surface area (Å²) in [5.41, 5.74) is 14.7. The predicted molar refractivity (Wildman–Crippen MR) is 79.1 cm³/mol. The van der Waals surface area contributed by atoms with Crippen LogP contribution in [-0.4, -0.2) is 40.0 Å². The molecule has 0 spiro atoms. The van der Waals surface area contributed by atoms with Crippen molar-refractivity contribution in [2.45, 2.75) is 0 Å². The lowest BCUT2D eigenvalue weighted by molar-refractivity contribution is 0.0962. The molecular weight excluding hydrogens is 272 g/mol. The highest BCUT2D eigenvalue weighted by atomic mass is 16.2. The minimum atomic E-state index is -0.344. The van der Waals surface area contributed by atoms with Gasteiger partial charge in [0.1, 0.15) is 12.0 Å². The van der Waals surface area contributed by atoms with E-state index in [1.165, 1.54) is 12.5 Å². The standard InChI is InChI=1S/C12H16N8O/c1-20(2)19-11-9(13)10(15-7-16-11)17-18-12(21)8-4-3-5-14-6-8/h3-7H,13H2,1-2H3,(H,18,21)(H2,15,16,17,19). The molecule has 9 heteroatoms. The van der Waals surface area contributed by atoms with E-state index in [0.717, 1.165) is 0 Å². The number of nitrogen functional groups attached to an aromatic ring is 1. The lowest BCUT2D eigenvalue weighted by Crippen LogP contribution is -2.30. The Hall–Kier alpha value is -2.94. The Morgan fingerprint density at radius 3 is 2.71 bits per heavy atom. The largest absolute Gasteiger partial charge is 0.393 e. The number of hydrazine groups is 2. The van der Waals surface area contributed by atoms with Crippen molar-refractivity contribution in [1.82, 2.24) is 25.4 Å². The summed E-state index contributed by atoms with van der Waals surface area (Å²) in [6.07, 6.45) is 4.38. The zero-order valence-corrected chi connectivity index (χ0v) is 11.7. The van der Waals surface area contributed by atoms with Gasteiger partial charge in [-0.3, -0.25) is 20.6 Å². The van der Waals surface area contributed by atoms with E-state index in [9.17, 15) is 4.79 Å². The van der Waals surface area contributed by atoms with E-state index in [4.69, 9.17) is 5.73 Å². The van der Waals surface area contributed by atoms with Crippen molar-refractivity contribution < 1.29 is 4.79 Å². The number of nitrogens with two attached hydrogens (primary N) is 1. The lowest BCUT2D eigenvalue weighted by atomic mass is 10.3. The number of nitrogens with one attached hydrogen (secondary N) is 3. The van der Waals surface area contributed by atoms with Crippen molar-refractivity contribution >= 4 is 23.2 Å². The summed E-state index contributed by atoms with van der Waals surface area (Å²) >= 11 is 0. The smallest absolute Gasteiger partial charge is 0.271 e. The topological polar surface area (TPSA) is 121 Å². The second kappa shape index (κ2) is 6.48. The van der Waals surface area contributed by atoms with Crippen LogP contribution < -0.4 is 22.0 Å². The first kappa shape index (κ1) is 14.5. The highest BCUT2D eigenvalue weighted by Crippen LogP contribution is 2.21. The first-order valence-electron chi connectivity index (χ1n) is 6.08.